The van der Waals surface area contributed by atoms with Gasteiger partial charge in [0.15, 0.2) is 23.3 Å². The van der Waals surface area contributed by atoms with E-state index in [9.17, 15) is 0 Å². The minimum atomic E-state index is 0.612. The van der Waals surface area contributed by atoms with Gasteiger partial charge in [-0.05, 0) is 47.5 Å². The van der Waals surface area contributed by atoms with Gasteiger partial charge in [0.2, 0.25) is 0 Å². The number of aromatic nitrogens is 6. The Kier molecular flexibility index (Phi) is 9.06. The number of benzene rings is 8. The molecule has 0 spiro atoms. The highest BCUT2D eigenvalue weighted by molar-refractivity contribution is 6.13. The molecule has 0 amide bonds. The molecule has 8 aromatic carbocycles. The molecule has 0 bridgehead atoms. The highest BCUT2D eigenvalue weighted by atomic mass is 15.0. The van der Waals surface area contributed by atoms with Crippen molar-refractivity contribution in [2.45, 2.75) is 0 Å². The maximum Gasteiger partial charge on any atom is 0.164 e. The standard InChI is InChI=1S/C55H36N6/c1-5-18-37(19-6-1)52-56-48(36-49(57-52)47-32-17-31-46-45-30-13-14-33-50(45)61(51(46)47)44-28-11-4-12-29-44)42-26-15-24-40(34-42)41-25-16-27-43(35-41)55-59-53(38-20-7-2-8-21-38)58-54(60-55)39-22-9-3-10-23-39/h1-36H. The molecule has 0 saturated carbocycles. The first-order valence-electron chi connectivity index (χ1n) is 20.3. The van der Waals surface area contributed by atoms with Crippen molar-refractivity contribution in [3.63, 3.8) is 0 Å². The normalized spacial score (nSPS) is 11.3. The predicted molar refractivity (Wildman–Crippen MR) is 248 cm³/mol. The van der Waals surface area contributed by atoms with Crippen LogP contribution < -0.4 is 0 Å². The third-order valence-corrected chi connectivity index (χ3v) is 11.1. The highest BCUT2D eigenvalue weighted by Gasteiger charge is 2.19. The number of nitrogens with zero attached hydrogens (tertiary/aromatic N) is 6. The highest BCUT2D eigenvalue weighted by Crippen LogP contribution is 2.39. The summed E-state index contributed by atoms with van der Waals surface area (Å²) in [5.74, 6) is 2.54. The summed E-state index contributed by atoms with van der Waals surface area (Å²) in [6.07, 6.45) is 0. The first kappa shape index (κ1) is 35.8. The van der Waals surface area contributed by atoms with Crippen molar-refractivity contribution < 1.29 is 0 Å². The van der Waals surface area contributed by atoms with Crippen molar-refractivity contribution in [1.82, 2.24) is 29.5 Å². The zero-order chi connectivity index (χ0) is 40.5. The van der Waals surface area contributed by atoms with Gasteiger partial charge in [-0.3, -0.25) is 0 Å². The van der Waals surface area contributed by atoms with Crippen molar-refractivity contribution >= 4 is 21.8 Å². The smallest absolute Gasteiger partial charge is 0.164 e. The minimum absolute atomic E-state index is 0.612. The van der Waals surface area contributed by atoms with Crippen LogP contribution in [-0.4, -0.2) is 29.5 Å². The van der Waals surface area contributed by atoms with Crippen LogP contribution in [0.15, 0.2) is 218 Å². The molecule has 0 fully saturated rings. The molecule has 0 aliphatic heterocycles. The second kappa shape index (κ2) is 15.4. The van der Waals surface area contributed by atoms with Crippen molar-refractivity contribution in [3.8, 4) is 84.9 Å². The summed E-state index contributed by atoms with van der Waals surface area (Å²) in [5.41, 5.74) is 12.9. The quantitative estimate of drug-likeness (QED) is 0.154. The molecule has 286 valence electrons. The third-order valence-electron chi connectivity index (χ3n) is 11.1. The van der Waals surface area contributed by atoms with Crippen LogP contribution in [0.3, 0.4) is 0 Å². The molecule has 11 aromatic rings. The van der Waals surface area contributed by atoms with Crippen LogP contribution in [0.4, 0.5) is 0 Å². The summed E-state index contributed by atoms with van der Waals surface area (Å²) in [6, 6.07) is 75.1. The van der Waals surface area contributed by atoms with Crippen molar-refractivity contribution in [1.29, 1.82) is 0 Å². The fourth-order valence-corrected chi connectivity index (χ4v) is 8.15. The van der Waals surface area contributed by atoms with Gasteiger partial charge < -0.3 is 4.57 Å². The Balaban J connectivity index is 1.05. The molecule has 0 unspecified atom stereocenters. The van der Waals surface area contributed by atoms with Crippen LogP contribution >= 0.6 is 0 Å². The van der Waals surface area contributed by atoms with Gasteiger partial charge in [0.05, 0.1) is 22.4 Å². The molecule has 6 nitrogen and oxygen atoms in total. The van der Waals surface area contributed by atoms with Gasteiger partial charge >= 0.3 is 0 Å². The molecule has 0 aliphatic rings. The van der Waals surface area contributed by atoms with Crippen LogP contribution in [-0.2, 0) is 0 Å². The molecule has 3 aromatic heterocycles. The fraction of sp³-hybridized carbons (Fsp3) is 0. The summed E-state index contributed by atoms with van der Waals surface area (Å²) in [5, 5.41) is 2.37. The van der Waals surface area contributed by atoms with Crippen molar-refractivity contribution in [2.24, 2.45) is 0 Å². The molecular formula is C55H36N6. The predicted octanol–water partition coefficient (Wildman–Crippen LogP) is 13.4. The van der Waals surface area contributed by atoms with Gasteiger partial charge in [-0.15, -0.1) is 0 Å². The van der Waals surface area contributed by atoms with Gasteiger partial charge in [0.25, 0.3) is 0 Å². The molecule has 0 atom stereocenters. The first-order chi connectivity index (χ1) is 30.2. The Morgan fingerprint density at radius 2 is 0.705 bits per heavy atom. The maximum absolute atomic E-state index is 5.29. The zero-order valence-electron chi connectivity index (χ0n) is 33.0. The van der Waals surface area contributed by atoms with E-state index in [1.165, 1.54) is 10.8 Å². The third kappa shape index (κ3) is 6.82. The largest absolute Gasteiger partial charge is 0.309 e. The molecule has 0 saturated heterocycles. The number of para-hydroxylation sites is 3. The number of hydrogen-bond donors (Lipinski definition) is 0. The monoisotopic (exact) mass is 780 g/mol. The van der Waals surface area contributed by atoms with Gasteiger partial charge in [-0.1, -0.05) is 182 Å². The maximum atomic E-state index is 5.29. The summed E-state index contributed by atoms with van der Waals surface area (Å²) in [4.78, 5) is 25.4. The lowest BCUT2D eigenvalue weighted by molar-refractivity contribution is 1.07. The zero-order valence-corrected chi connectivity index (χ0v) is 33.0. The summed E-state index contributed by atoms with van der Waals surface area (Å²) < 4.78 is 2.36. The lowest BCUT2D eigenvalue weighted by Gasteiger charge is -2.14. The lowest BCUT2D eigenvalue weighted by atomic mass is 9.98. The van der Waals surface area contributed by atoms with Crippen molar-refractivity contribution in [3.05, 3.63) is 218 Å². The van der Waals surface area contributed by atoms with Gasteiger partial charge in [-0.2, -0.15) is 0 Å². The van der Waals surface area contributed by atoms with E-state index in [0.717, 1.165) is 72.6 Å². The molecular weight excluding hydrogens is 745 g/mol. The van der Waals surface area contributed by atoms with E-state index in [1.54, 1.807) is 0 Å². The second-order valence-electron chi connectivity index (χ2n) is 14.9. The number of rotatable bonds is 8. The van der Waals surface area contributed by atoms with Gasteiger partial charge in [0.1, 0.15) is 0 Å². The van der Waals surface area contributed by atoms with E-state index in [4.69, 9.17) is 24.9 Å². The summed E-state index contributed by atoms with van der Waals surface area (Å²) in [6.45, 7) is 0. The van der Waals surface area contributed by atoms with Crippen molar-refractivity contribution in [2.75, 3.05) is 0 Å². The van der Waals surface area contributed by atoms with Gasteiger partial charge in [-0.25, -0.2) is 24.9 Å². The van der Waals surface area contributed by atoms with Crippen LogP contribution in [0, 0.1) is 0 Å². The van der Waals surface area contributed by atoms with E-state index in [0.29, 0.717) is 23.3 Å². The first-order valence-corrected chi connectivity index (χ1v) is 20.3. The van der Waals surface area contributed by atoms with Crippen LogP contribution in [0.5, 0.6) is 0 Å². The summed E-state index contributed by atoms with van der Waals surface area (Å²) in [7, 11) is 0. The van der Waals surface area contributed by atoms with Gasteiger partial charge in [0, 0.05) is 49.8 Å². The second-order valence-corrected chi connectivity index (χ2v) is 14.9. The molecule has 61 heavy (non-hydrogen) atoms. The molecule has 11 rings (SSSR count). The Hall–Kier alpha value is -8.35. The molecule has 3 heterocycles. The van der Waals surface area contributed by atoms with E-state index in [1.807, 2.05) is 78.9 Å². The van der Waals surface area contributed by atoms with Crippen LogP contribution in [0.25, 0.3) is 107 Å². The SMILES string of the molecule is c1ccc(-c2nc(-c3cccc(-c4cccc(-c5nc(-c6ccccc6)nc(-c6ccccc6)n5)c4)c3)cc(-c3cccc4c5ccccc5n(-c5ccccc5)c34)n2)cc1. The lowest BCUT2D eigenvalue weighted by Crippen LogP contribution is -2.00. The molecule has 0 radical (unpaired) electrons. The fourth-order valence-electron chi connectivity index (χ4n) is 8.15. The van der Waals surface area contributed by atoms with Crippen LogP contribution in [0.2, 0.25) is 0 Å². The van der Waals surface area contributed by atoms with E-state index >= 15 is 0 Å². The Bertz CT molecular complexity index is 3290. The summed E-state index contributed by atoms with van der Waals surface area (Å²) >= 11 is 0. The van der Waals surface area contributed by atoms with E-state index in [2.05, 4.69) is 144 Å². The average Bonchev–Trinajstić information content (AvgIpc) is 3.69. The Morgan fingerprint density at radius 1 is 0.279 bits per heavy atom. The Morgan fingerprint density at radius 3 is 1.33 bits per heavy atom. The average molecular weight is 781 g/mol. The molecule has 6 heteroatoms. The topological polar surface area (TPSA) is 69.4 Å². The Labute approximate surface area is 353 Å². The minimum Gasteiger partial charge on any atom is -0.309 e. The van der Waals surface area contributed by atoms with E-state index < -0.39 is 0 Å². The molecule has 0 N–H and O–H groups in total. The van der Waals surface area contributed by atoms with Crippen LogP contribution in [0.1, 0.15) is 0 Å². The number of hydrogen-bond acceptors (Lipinski definition) is 5. The molecule has 0 aliphatic carbocycles. The van der Waals surface area contributed by atoms with E-state index in [-0.39, 0.29) is 0 Å². The number of fused-ring (bicyclic) bond motifs is 3.